The Morgan fingerprint density at radius 1 is 0.907 bits per heavy atom. The third-order valence-electron chi connectivity index (χ3n) is 7.72. The number of anilines is 1. The molecule has 4 rings (SSSR count). The van der Waals surface area contributed by atoms with E-state index in [0.717, 1.165) is 19.3 Å². The topological polar surface area (TPSA) is 100 Å². The largest absolute Gasteiger partial charge is 0.457 e. The highest BCUT2D eigenvalue weighted by Gasteiger charge is 2.35. The molecule has 0 saturated carbocycles. The molecule has 3 aromatic rings. The first-order chi connectivity index (χ1) is 20.7. The number of aliphatic hydroxyl groups is 1. The number of piperidine rings is 1. The summed E-state index contributed by atoms with van der Waals surface area (Å²) in [6, 6.07) is 16.5. The van der Waals surface area contributed by atoms with Crippen molar-refractivity contribution in [2.24, 2.45) is 5.92 Å². The molecule has 230 valence electrons. The van der Waals surface area contributed by atoms with E-state index >= 15 is 0 Å². The second-order valence-electron chi connectivity index (χ2n) is 10.8. The lowest BCUT2D eigenvalue weighted by Crippen LogP contribution is -2.48. The van der Waals surface area contributed by atoms with Gasteiger partial charge in [0.05, 0.1) is 5.60 Å². The monoisotopic (exact) mass is 595 g/mol. The number of nitrogens with one attached hydrogen (secondary N) is 2. The minimum Gasteiger partial charge on any atom is -0.457 e. The molecule has 8 nitrogen and oxygen atoms in total. The Labute approximate surface area is 251 Å². The lowest BCUT2D eigenvalue weighted by Gasteiger charge is -2.39. The van der Waals surface area contributed by atoms with Crippen molar-refractivity contribution in [1.29, 1.82) is 0 Å². The molecule has 3 N–H and O–H groups in total. The first-order valence-corrected chi connectivity index (χ1v) is 14.7. The number of benzene rings is 3. The molecule has 1 aliphatic rings. The van der Waals surface area contributed by atoms with E-state index in [-0.39, 0.29) is 12.6 Å². The predicted molar refractivity (Wildman–Crippen MR) is 161 cm³/mol. The number of hydrogen-bond donors (Lipinski definition) is 3. The van der Waals surface area contributed by atoms with Gasteiger partial charge in [-0.15, -0.1) is 0 Å². The van der Waals surface area contributed by atoms with E-state index in [1.54, 1.807) is 47.4 Å². The zero-order chi connectivity index (χ0) is 30.8. The van der Waals surface area contributed by atoms with Gasteiger partial charge in [0.2, 0.25) is 0 Å². The number of alkyl halides is 1. The van der Waals surface area contributed by atoms with Gasteiger partial charge in [-0.05, 0) is 73.7 Å². The molecular weight excluding hydrogens is 556 g/mol. The Hall–Kier alpha value is -4.18. The Morgan fingerprint density at radius 3 is 2.00 bits per heavy atom. The van der Waals surface area contributed by atoms with Crippen molar-refractivity contribution in [2.75, 3.05) is 31.6 Å². The van der Waals surface area contributed by atoms with Crippen LogP contribution in [0.15, 0.2) is 66.7 Å². The minimum atomic E-state index is -0.763. The molecule has 3 amide bonds. The predicted octanol–water partition coefficient (Wildman–Crippen LogP) is 7.29. The fraction of sp³-hybridized carbons (Fsp3) is 0.394. The second kappa shape index (κ2) is 14.8. The average Bonchev–Trinajstić information content (AvgIpc) is 3.00. The quantitative estimate of drug-likeness (QED) is 0.204. The first kappa shape index (κ1) is 31.7. The normalized spacial score (nSPS) is 14.3. The van der Waals surface area contributed by atoms with Gasteiger partial charge < -0.3 is 30.1 Å². The standard InChI is InChI=1S/C33H39F2N3O5/c1-3-23(4-2)22-33(41)13-17-38(18-14-33)32(40)37-26-19-29(21-30(20-26)43-28-11-7-25(35)8-12-28)42-27-9-5-24(6-10-27)31(39)36-16-15-34/h5-12,19-21,23,41H,3-4,13-18,22H2,1-2H3,(H,36,39)(H,37,40). The van der Waals surface area contributed by atoms with Crippen LogP contribution in [0.3, 0.4) is 0 Å². The van der Waals surface area contributed by atoms with Gasteiger partial charge in [-0.2, -0.15) is 0 Å². The van der Waals surface area contributed by atoms with Crippen molar-refractivity contribution in [3.63, 3.8) is 0 Å². The number of urea groups is 1. The molecule has 0 atom stereocenters. The Bertz CT molecular complexity index is 1360. The van der Waals surface area contributed by atoms with E-state index in [1.807, 2.05) is 0 Å². The van der Waals surface area contributed by atoms with E-state index in [4.69, 9.17) is 9.47 Å². The SMILES string of the molecule is CCC(CC)CC1(O)CCN(C(=O)Nc2cc(Oc3ccc(F)cc3)cc(Oc3ccc(C(=O)NCCF)cc3)c2)CC1. The van der Waals surface area contributed by atoms with Gasteiger partial charge in [-0.25, -0.2) is 13.6 Å². The van der Waals surface area contributed by atoms with Crippen molar-refractivity contribution in [2.45, 2.75) is 51.6 Å². The van der Waals surface area contributed by atoms with Crippen LogP contribution in [0, 0.1) is 11.7 Å². The van der Waals surface area contributed by atoms with Crippen LogP contribution in [0.5, 0.6) is 23.0 Å². The molecule has 0 aromatic heterocycles. The van der Waals surface area contributed by atoms with E-state index in [1.165, 1.54) is 24.3 Å². The van der Waals surface area contributed by atoms with Crippen LogP contribution in [0.4, 0.5) is 19.3 Å². The van der Waals surface area contributed by atoms with Crippen LogP contribution in [0.25, 0.3) is 0 Å². The summed E-state index contributed by atoms with van der Waals surface area (Å²) in [5.41, 5.74) is 0.0103. The maximum absolute atomic E-state index is 13.4. The molecule has 10 heteroatoms. The molecule has 1 fully saturated rings. The molecule has 0 spiro atoms. The lowest BCUT2D eigenvalue weighted by atomic mass is 9.81. The van der Waals surface area contributed by atoms with Crippen LogP contribution >= 0.6 is 0 Å². The highest BCUT2D eigenvalue weighted by molar-refractivity contribution is 5.94. The molecule has 3 aromatic carbocycles. The maximum atomic E-state index is 13.4. The summed E-state index contributed by atoms with van der Waals surface area (Å²) in [4.78, 5) is 27.0. The Kier molecular flexibility index (Phi) is 10.9. The number of carbonyl (C=O) groups excluding carboxylic acids is 2. The fourth-order valence-electron chi connectivity index (χ4n) is 5.12. The number of hydrogen-bond acceptors (Lipinski definition) is 5. The van der Waals surface area contributed by atoms with Crippen molar-refractivity contribution in [1.82, 2.24) is 10.2 Å². The zero-order valence-corrected chi connectivity index (χ0v) is 24.6. The molecule has 43 heavy (non-hydrogen) atoms. The molecule has 0 aliphatic carbocycles. The molecule has 0 bridgehead atoms. The Balaban J connectivity index is 1.48. The summed E-state index contributed by atoms with van der Waals surface area (Å²) in [6.45, 7) is 4.42. The lowest BCUT2D eigenvalue weighted by molar-refractivity contribution is -0.0309. The van der Waals surface area contributed by atoms with Crippen LogP contribution in [-0.4, -0.2) is 53.9 Å². The highest BCUT2D eigenvalue weighted by Crippen LogP contribution is 2.34. The van der Waals surface area contributed by atoms with E-state index < -0.39 is 24.0 Å². The molecule has 1 saturated heterocycles. The number of amides is 3. The number of ether oxygens (including phenoxy) is 2. The molecule has 1 heterocycles. The third-order valence-corrected chi connectivity index (χ3v) is 7.72. The Morgan fingerprint density at radius 2 is 1.47 bits per heavy atom. The zero-order valence-electron chi connectivity index (χ0n) is 24.6. The minimum absolute atomic E-state index is 0.0666. The number of carbonyl (C=O) groups is 2. The summed E-state index contributed by atoms with van der Waals surface area (Å²) in [5, 5.41) is 16.5. The van der Waals surface area contributed by atoms with Crippen molar-refractivity contribution in [3.8, 4) is 23.0 Å². The van der Waals surface area contributed by atoms with Gasteiger partial charge in [0.15, 0.2) is 0 Å². The van der Waals surface area contributed by atoms with Gasteiger partial charge in [-0.1, -0.05) is 26.7 Å². The summed E-state index contributed by atoms with van der Waals surface area (Å²) in [6.07, 6.45) is 3.80. The van der Waals surface area contributed by atoms with Gasteiger partial charge in [0, 0.05) is 49.1 Å². The van der Waals surface area contributed by atoms with Gasteiger partial charge in [0.25, 0.3) is 5.91 Å². The number of likely N-dealkylation sites (tertiary alicyclic amines) is 1. The van der Waals surface area contributed by atoms with Crippen LogP contribution in [0.1, 0.15) is 56.3 Å². The van der Waals surface area contributed by atoms with Crippen molar-refractivity contribution < 1.29 is 33.0 Å². The van der Waals surface area contributed by atoms with E-state index in [2.05, 4.69) is 24.5 Å². The van der Waals surface area contributed by atoms with E-state index in [9.17, 15) is 23.5 Å². The van der Waals surface area contributed by atoms with E-state index in [0.29, 0.717) is 66.1 Å². The molecule has 1 aliphatic heterocycles. The number of rotatable bonds is 12. The highest BCUT2D eigenvalue weighted by atomic mass is 19.1. The first-order valence-electron chi connectivity index (χ1n) is 14.7. The van der Waals surface area contributed by atoms with Crippen LogP contribution in [0.2, 0.25) is 0 Å². The van der Waals surface area contributed by atoms with Gasteiger partial charge in [-0.3, -0.25) is 4.79 Å². The summed E-state index contributed by atoms with van der Waals surface area (Å²) in [7, 11) is 0. The molecule has 0 unspecified atom stereocenters. The number of nitrogens with zero attached hydrogens (tertiary/aromatic N) is 1. The maximum Gasteiger partial charge on any atom is 0.321 e. The molecular formula is C33H39F2N3O5. The fourth-order valence-corrected chi connectivity index (χ4v) is 5.12. The third kappa shape index (κ3) is 9.15. The van der Waals surface area contributed by atoms with Crippen LogP contribution < -0.4 is 20.1 Å². The van der Waals surface area contributed by atoms with Crippen molar-refractivity contribution >= 4 is 17.6 Å². The van der Waals surface area contributed by atoms with Gasteiger partial charge in [0.1, 0.15) is 35.5 Å². The summed E-state index contributed by atoms with van der Waals surface area (Å²) in [5.74, 6) is 1.19. The number of halogens is 2. The summed E-state index contributed by atoms with van der Waals surface area (Å²) < 4.78 is 37.7. The van der Waals surface area contributed by atoms with Crippen LogP contribution in [-0.2, 0) is 0 Å². The second-order valence-corrected chi connectivity index (χ2v) is 10.8. The smallest absolute Gasteiger partial charge is 0.321 e. The average molecular weight is 596 g/mol. The van der Waals surface area contributed by atoms with Crippen molar-refractivity contribution in [3.05, 3.63) is 78.1 Å². The van der Waals surface area contributed by atoms with Gasteiger partial charge >= 0.3 is 6.03 Å². The summed E-state index contributed by atoms with van der Waals surface area (Å²) >= 11 is 0. The molecule has 0 radical (unpaired) electrons.